The van der Waals surface area contributed by atoms with Crippen LogP contribution in [0.5, 0.6) is 0 Å². The van der Waals surface area contributed by atoms with Crippen molar-refractivity contribution in [1.82, 2.24) is 29.1 Å². The maximum atomic E-state index is 12.8. The molecule has 0 atom stereocenters. The van der Waals surface area contributed by atoms with E-state index in [9.17, 15) is 4.79 Å². The number of hydrogen-bond donors (Lipinski definition) is 1. The minimum absolute atomic E-state index is 0.0410. The van der Waals surface area contributed by atoms with Gasteiger partial charge in [0.15, 0.2) is 11.2 Å². The lowest BCUT2D eigenvalue weighted by molar-refractivity contribution is 0.618. The van der Waals surface area contributed by atoms with Crippen molar-refractivity contribution in [3.8, 4) is 0 Å². The summed E-state index contributed by atoms with van der Waals surface area (Å²) >= 11 is 0. The predicted octanol–water partition coefficient (Wildman–Crippen LogP) is 2.22. The Hall–Kier alpha value is -2.18. The topological polar surface area (TPSA) is 80.9 Å². The van der Waals surface area contributed by atoms with Crippen molar-refractivity contribution in [2.45, 2.75) is 57.9 Å². The molecule has 1 aliphatic carbocycles. The maximum absolute atomic E-state index is 12.8. The molecule has 3 aromatic rings. The Kier molecular flexibility index (Phi) is 3.20. The van der Waals surface area contributed by atoms with Gasteiger partial charge in [0.05, 0.1) is 0 Å². The van der Waals surface area contributed by atoms with Gasteiger partial charge in [-0.3, -0.25) is 9.36 Å². The van der Waals surface area contributed by atoms with Crippen molar-refractivity contribution >= 4 is 16.9 Å². The molecule has 0 saturated heterocycles. The van der Waals surface area contributed by atoms with E-state index in [0.29, 0.717) is 29.4 Å². The second-order valence-electron chi connectivity index (χ2n) is 6.08. The van der Waals surface area contributed by atoms with E-state index in [1.54, 1.807) is 9.08 Å². The summed E-state index contributed by atoms with van der Waals surface area (Å²) in [5, 5.41) is 4.26. The lowest BCUT2D eigenvalue weighted by Gasteiger charge is -2.05. The average molecular weight is 300 g/mol. The standard InChI is InChI=1S/C15H20N6O/c1-2-3-8-20-14(22)11-13(21-15(20)16-9-17-21)19-12(18-11)10-6-4-5-7-10/h9-10H,2-8H2,1H3,(H,18,19). The van der Waals surface area contributed by atoms with Crippen molar-refractivity contribution in [1.29, 1.82) is 0 Å². The normalized spacial score (nSPS) is 16.2. The summed E-state index contributed by atoms with van der Waals surface area (Å²) in [6.07, 6.45) is 8.22. The van der Waals surface area contributed by atoms with Crippen LogP contribution in [0, 0.1) is 0 Å². The third kappa shape index (κ3) is 1.95. The molecule has 0 unspecified atom stereocenters. The van der Waals surface area contributed by atoms with Gasteiger partial charge in [0.2, 0.25) is 5.78 Å². The molecule has 1 aliphatic rings. The molecule has 116 valence electrons. The first-order valence-corrected chi connectivity index (χ1v) is 8.11. The summed E-state index contributed by atoms with van der Waals surface area (Å²) in [7, 11) is 0. The van der Waals surface area contributed by atoms with Crippen LogP contribution >= 0.6 is 0 Å². The zero-order valence-electron chi connectivity index (χ0n) is 12.7. The highest BCUT2D eigenvalue weighted by Gasteiger charge is 2.23. The molecular formula is C15H20N6O. The number of imidazole rings is 1. The van der Waals surface area contributed by atoms with Crippen LogP contribution in [0.1, 0.15) is 57.2 Å². The SMILES string of the molecule is CCCCn1c(=O)c2[nH]c(C3CCCC3)nc2n2ncnc12. The van der Waals surface area contributed by atoms with Gasteiger partial charge in [-0.25, -0.2) is 4.98 Å². The van der Waals surface area contributed by atoms with Crippen LogP contribution in [0.4, 0.5) is 0 Å². The number of fused-ring (bicyclic) bond motifs is 3. The molecule has 0 bridgehead atoms. The first-order chi connectivity index (χ1) is 10.8. The molecule has 0 spiro atoms. The van der Waals surface area contributed by atoms with Crippen LogP contribution in [-0.2, 0) is 6.54 Å². The van der Waals surface area contributed by atoms with Crippen molar-refractivity contribution < 1.29 is 0 Å². The molecule has 1 fully saturated rings. The Bertz CT molecular complexity index is 867. The molecule has 0 aliphatic heterocycles. The molecule has 0 radical (unpaired) electrons. The van der Waals surface area contributed by atoms with Gasteiger partial charge in [0, 0.05) is 12.5 Å². The van der Waals surface area contributed by atoms with E-state index in [2.05, 4.69) is 27.0 Å². The highest BCUT2D eigenvalue weighted by molar-refractivity contribution is 5.72. The van der Waals surface area contributed by atoms with Crippen LogP contribution in [-0.4, -0.2) is 29.1 Å². The second kappa shape index (κ2) is 5.23. The second-order valence-corrected chi connectivity index (χ2v) is 6.08. The van der Waals surface area contributed by atoms with Crippen molar-refractivity contribution in [2.75, 3.05) is 0 Å². The van der Waals surface area contributed by atoms with Gasteiger partial charge >= 0.3 is 0 Å². The number of nitrogens with zero attached hydrogens (tertiary/aromatic N) is 5. The predicted molar refractivity (Wildman–Crippen MR) is 83.0 cm³/mol. The number of unbranched alkanes of at least 4 members (excludes halogenated alkanes) is 1. The fourth-order valence-corrected chi connectivity index (χ4v) is 3.39. The van der Waals surface area contributed by atoms with Crippen molar-refractivity contribution in [3.63, 3.8) is 0 Å². The first kappa shape index (κ1) is 13.5. The summed E-state index contributed by atoms with van der Waals surface area (Å²) < 4.78 is 3.39. The molecular weight excluding hydrogens is 280 g/mol. The third-order valence-corrected chi connectivity index (χ3v) is 4.61. The van der Waals surface area contributed by atoms with Crippen molar-refractivity contribution in [3.05, 3.63) is 22.5 Å². The molecule has 3 heterocycles. The summed E-state index contributed by atoms with van der Waals surface area (Å²) in [6.45, 7) is 2.77. The van der Waals surface area contributed by atoms with Gasteiger partial charge < -0.3 is 4.98 Å². The van der Waals surface area contributed by atoms with E-state index in [1.807, 2.05) is 0 Å². The van der Waals surface area contributed by atoms with E-state index in [-0.39, 0.29) is 5.56 Å². The number of rotatable bonds is 4. The molecule has 7 nitrogen and oxygen atoms in total. The Morgan fingerprint density at radius 1 is 1.36 bits per heavy atom. The van der Waals surface area contributed by atoms with Crippen LogP contribution in [0.3, 0.4) is 0 Å². The molecule has 3 aromatic heterocycles. The summed E-state index contributed by atoms with van der Waals surface area (Å²) in [6, 6.07) is 0. The fourth-order valence-electron chi connectivity index (χ4n) is 3.39. The molecule has 4 rings (SSSR count). The Balaban J connectivity index is 1.94. The van der Waals surface area contributed by atoms with E-state index < -0.39 is 0 Å². The van der Waals surface area contributed by atoms with E-state index >= 15 is 0 Å². The highest BCUT2D eigenvalue weighted by atomic mass is 16.1. The largest absolute Gasteiger partial charge is 0.336 e. The van der Waals surface area contributed by atoms with Crippen LogP contribution < -0.4 is 5.56 Å². The number of H-pyrrole nitrogens is 1. The Labute approximate surface area is 127 Å². The van der Waals surface area contributed by atoms with Gasteiger partial charge in [-0.2, -0.15) is 14.6 Å². The van der Waals surface area contributed by atoms with E-state index in [0.717, 1.165) is 31.5 Å². The Morgan fingerprint density at radius 3 is 2.95 bits per heavy atom. The summed E-state index contributed by atoms with van der Waals surface area (Å²) in [5.74, 6) is 1.94. The highest BCUT2D eigenvalue weighted by Crippen LogP contribution is 2.32. The number of nitrogens with one attached hydrogen (secondary N) is 1. The number of aromatic nitrogens is 6. The number of hydrogen-bond acceptors (Lipinski definition) is 4. The molecule has 1 N–H and O–H groups in total. The molecule has 0 amide bonds. The van der Waals surface area contributed by atoms with Crippen LogP contribution in [0.15, 0.2) is 11.1 Å². The van der Waals surface area contributed by atoms with E-state index in [1.165, 1.54) is 19.2 Å². The number of aromatic amines is 1. The van der Waals surface area contributed by atoms with Gasteiger partial charge in [0.1, 0.15) is 12.2 Å². The third-order valence-electron chi connectivity index (χ3n) is 4.61. The zero-order chi connectivity index (χ0) is 15.1. The Morgan fingerprint density at radius 2 is 2.18 bits per heavy atom. The summed E-state index contributed by atoms with van der Waals surface area (Å²) in [5.41, 5.74) is 1.11. The van der Waals surface area contributed by atoms with Gasteiger partial charge in [-0.1, -0.05) is 26.2 Å². The van der Waals surface area contributed by atoms with Gasteiger partial charge in [-0.15, -0.1) is 0 Å². The van der Waals surface area contributed by atoms with Gasteiger partial charge in [-0.05, 0) is 19.3 Å². The summed E-state index contributed by atoms with van der Waals surface area (Å²) in [4.78, 5) is 25.0. The lowest BCUT2D eigenvalue weighted by atomic mass is 10.1. The molecule has 22 heavy (non-hydrogen) atoms. The van der Waals surface area contributed by atoms with Crippen LogP contribution in [0.2, 0.25) is 0 Å². The minimum Gasteiger partial charge on any atom is -0.336 e. The quantitative estimate of drug-likeness (QED) is 0.801. The first-order valence-electron chi connectivity index (χ1n) is 8.11. The maximum Gasteiger partial charge on any atom is 0.281 e. The van der Waals surface area contributed by atoms with Crippen molar-refractivity contribution in [2.24, 2.45) is 0 Å². The number of aryl methyl sites for hydroxylation is 1. The smallest absolute Gasteiger partial charge is 0.281 e. The monoisotopic (exact) mass is 300 g/mol. The van der Waals surface area contributed by atoms with E-state index in [4.69, 9.17) is 0 Å². The molecule has 1 saturated carbocycles. The lowest BCUT2D eigenvalue weighted by Crippen LogP contribution is -2.23. The van der Waals surface area contributed by atoms with Gasteiger partial charge in [0.25, 0.3) is 5.56 Å². The zero-order valence-corrected chi connectivity index (χ0v) is 12.7. The molecule has 0 aromatic carbocycles. The molecule has 7 heteroatoms. The average Bonchev–Trinajstić information content (AvgIpc) is 3.25. The fraction of sp³-hybridized carbons (Fsp3) is 0.600. The minimum atomic E-state index is -0.0410. The van der Waals surface area contributed by atoms with Crippen LogP contribution in [0.25, 0.3) is 16.9 Å².